The van der Waals surface area contributed by atoms with E-state index in [9.17, 15) is 0 Å². The molecular formula is C16H28N2O2. The average Bonchev–Trinajstić information content (AvgIpc) is 2.44. The van der Waals surface area contributed by atoms with Gasteiger partial charge in [0.05, 0.1) is 14.2 Å². The van der Waals surface area contributed by atoms with Gasteiger partial charge in [0.2, 0.25) is 0 Å². The molecule has 0 aliphatic rings. The summed E-state index contributed by atoms with van der Waals surface area (Å²) >= 11 is 0. The van der Waals surface area contributed by atoms with Crippen LogP contribution in [-0.2, 0) is 13.0 Å². The highest BCUT2D eigenvalue weighted by atomic mass is 16.5. The van der Waals surface area contributed by atoms with Crippen molar-refractivity contribution in [3.63, 3.8) is 0 Å². The lowest BCUT2D eigenvalue weighted by Crippen LogP contribution is -2.28. The third kappa shape index (κ3) is 4.69. The van der Waals surface area contributed by atoms with Gasteiger partial charge >= 0.3 is 0 Å². The SMILES string of the molecule is CCc1cc(CN(C)CCN(C)C)c(OC)c(OC)c1. The lowest BCUT2D eigenvalue weighted by Gasteiger charge is -2.22. The van der Waals surface area contributed by atoms with Crippen molar-refractivity contribution in [2.75, 3.05) is 48.5 Å². The molecule has 0 atom stereocenters. The van der Waals surface area contributed by atoms with Gasteiger partial charge in [-0.3, -0.25) is 0 Å². The second-order valence-corrected chi connectivity index (χ2v) is 5.39. The highest BCUT2D eigenvalue weighted by Gasteiger charge is 2.13. The number of hydrogen-bond donors (Lipinski definition) is 0. The molecule has 0 fully saturated rings. The van der Waals surface area contributed by atoms with Crippen LogP contribution in [0.25, 0.3) is 0 Å². The highest BCUT2D eigenvalue weighted by Crippen LogP contribution is 2.33. The Kier molecular flexibility index (Phi) is 6.82. The van der Waals surface area contributed by atoms with E-state index in [1.165, 1.54) is 11.1 Å². The molecule has 114 valence electrons. The van der Waals surface area contributed by atoms with Crippen LogP contribution in [0, 0.1) is 0 Å². The van der Waals surface area contributed by atoms with Crippen LogP contribution in [0.15, 0.2) is 12.1 Å². The first-order valence-corrected chi connectivity index (χ1v) is 7.08. The first kappa shape index (κ1) is 16.8. The van der Waals surface area contributed by atoms with Crippen molar-refractivity contribution in [1.82, 2.24) is 9.80 Å². The number of rotatable bonds is 8. The van der Waals surface area contributed by atoms with Gasteiger partial charge in [-0.15, -0.1) is 0 Å². The summed E-state index contributed by atoms with van der Waals surface area (Å²) in [5.74, 6) is 1.67. The molecule has 0 aliphatic heterocycles. The fourth-order valence-corrected chi connectivity index (χ4v) is 2.17. The number of aryl methyl sites for hydroxylation is 1. The van der Waals surface area contributed by atoms with E-state index in [0.29, 0.717) is 0 Å². The maximum atomic E-state index is 5.53. The number of benzene rings is 1. The Balaban J connectivity index is 2.91. The van der Waals surface area contributed by atoms with Crippen molar-refractivity contribution in [2.45, 2.75) is 19.9 Å². The topological polar surface area (TPSA) is 24.9 Å². The Morgan fingerprint density at radius 1 is 1.00 bits per heavy atom. The maximum absolute atomic E-state index is 5.53. The Morgan fingerprint density at radius 2 is 1.70 bits per heavy atom. The predicted octanol–water partition coefficient (Wildman–Crippen LogP) is 2.26. The minimum atomic E-state index is 0.822. The Bertz CT molecular complexity index is 419. The van der Waals surface area contributed by atoms with Gasteiger partial charge < -0.3 is 19.3 Å². The lowest BCUT2D eigenvalue weighted by molar-refractivity contribution is 0.270. The molecule has 0 N–H and O–H groups in total. The molecule has 0 radical (unpaired) electrons. The Morgan fingerprint density at radius 3 is 2.20 bits per heavy atom. The minimum Gasteiger partial charge on any atom is -0.493 e. The zero-order valence-corrected chi connectivity index (χ0v) is 13.7. The van der Waals surface area contributed by atoms with E-state index in [4.69, 9.17) is 9.47 Å². The third-order valence-corrected chi connectivity index (χ3v) is 3.39. The predicted molar refractivity (Wildman–Crippen MR) is 83.8 cm³/mol. The van der Waals surface area contributed by atoms with E-state index < -0.39 is 0 Å². The molecule has 20 heavy (non-hydrogen) atoms. The molecule has 0 spiro atoms. The summed E-state index contributed by atoms with van der Waals surface area (Å²) in [7, 11) is 9.71. The summed E-state index contributed by atoms with van der Waals surface area (Å²) in [6.07, 6.45) is 0.995. The van der Waals surface area contributed by atoms with E-state index in [-0.39, 0.29) is 0 Å². The van der Waals surface area contributed by atoms with E-state index in [2.05, 4.69) is 50.0 Å². The van der Waals surface area contributed by atoms with Crippen molar-refractivity contribution in [3.8, 4) is 11.5 Å². The summed E-state index contributed by atoms with van der Waals surface area (Å²) in [6, 6.07) is 4.27. The van der Waals surface area contributed by atoms with Crippen molar-refractivity contribution in [3.05, 3.63) is 23.3 Å². The van der Waals surface area contributed by atoms with Gasteiger partial charge in [0, 0.05) is 25.2 Å². The summed E-state index contributed by atoms with van der Waals surface area (Å²) in [5.41, 5.74) is 2.46. The molecule has 4 heteroatoms. The van der Waals surface area contributed by atoms with Gasteiger partial charge in [0.1, 0.15) is 0 Å². The first-order chi connectivity index (χ1) is 9.51. The second-order valence-electron chi connectivity index (χ2n) is 5.39. The van der Waals surface area contributed by atoms with Gasteiger partial charge in [-0.25, -0.2) is 0 Å². The number of methoxy groups -OCH3 is 2. The van der Waals surface area contributed by atoms with Crippen LogP contribution in [0.1, 0.15) is 18.1 Å². The maximum Gasteiger partial charge on any atom is 0.165 e. The molecule has 0 saturated carbocycles. The van der Waals surface area contributed by atoms with E-state index in [0.717, 1.165) is 37.6 Å². The highest BCUT2D eigenvalue weighted by molar-refractivity contribution is 5.49. The fraction of sp³-hybridized carbons (Fsp3) is 0.625. The molecule has 0 heterocycles. The molecule has 0 saturated heterocycles. The lowest BCUT2D eigenvalue weighted by atomic mass is 10.1. The van der Waals surface area contributed by atoms with Crippen LogP contribution in [-0.4, -0.2) is 58.3 Å². The minimum absolute atomic E-state index is 0.822. The zero-order valence-electron chi connectivity index (χ0n) is 13.7. The summed E-state index contributed by atoms with van der Waals surface area (Å²) in [4.78, 5) is 4.49. The van der Waals surface area contributed by atoms with Crippen LogP contribution >= 0.6 is 0 Å². The second kappa shape index (κ2) is 8.12. The summed E-state index contributed by atoms with van der Waals surface area (Å²) < 4.78 is 11.0. The fourth-order valence-electron chi connectivity index (χ4n) is 2.17. The largest absolute Gasteiger partial charge is 0.493 e. The molecule has 0 aromatic heterocycles. The zero-order chi connectivity index (χ0) is 15.1. The van der Waals surface area contributed by atoms with Gasteiger partial charge in [-0.1, -0.05) is 13.0 Å². The average molecular weight is 280 g/mol. The number of hydrogen-bond acceptors (Lipinski definition) is 4. The standard InChI is InChI=1S/C16H28N2O2/c1-7-13-10-14(12-18(4)9-8-17(2)3)16(20-6)15(11-13)19-5/h10-11H,7-9,12H2,1-6H3. The molecule has 0 bridgehead atoms. The van der Waals surface area contributed by atoms with Gasteiger partial charge in [0.25, 0.3) is 0 Å². The van der Waals surface area contributed by atoms with Crippen LogP contribution in [0.5, 0.6) is 11.5 Å². The normalized spacial score (nSPS) is 11.2. The first-order valence-electron chi connectivity index (χ1n) is 7.08. The van der Waals surface area contributed by atoms with Crippen molar-refractivity contribution < 1.29 is 9.47 Å². The van der Waals surface area contributed by atoms with Crippen LogP contribution < -0.4 is 9.47 Å². The number of ether oxygens (including phenoxy) is 2. The van der Waals surface area contributed by atoms with Gasteiger partial charge in [-0.2, -0.15) is 0 Å². The Labute approximate surface area is 123 Å². The van der Waals surface area contributed by atoms with Crippen molar-refractivity contribution >= 4 is 0 Å². The quantitative estimate of drug-likeness (QED) is 0.729. The monoisotopic (exact) mass is 280 g/mol. The third-order valence-electron chi connectivity index (χ3n) is 3.39. The molecular weight excluding hydrogens is 252 g/mol. The molecule has 1 rings (SSSR count). The van der Waals surface area contributed by atoms with Crippen LogP contribution in [0.3, 0.4) is 0 Å². The molecule has 1 aromatic carbocycles. The summed E-state index contributed by atoms with van der Waals surface area (Å²) in [6.45, 7) is 5.08. The van der Waals surface area contributed by atoms with E-state index >= 15 is 0 Å². The van der Waals surface area contributed by atoms with Crippen LogP contribution in [0.4, 0.5) is 0 Å². The van der Waals surface area contributed by atoms with E-state index in [1.807, 2.05) is 0 Å². The molecule has 0 aliphatic carbocycles. The van der Waals surface area contributed by atoms with Gasteiger partial charge in [-0.05, 0) is 39.2 Å². The summed E-state index contributed by atoms with van der Waals surface area (Å²) in [5, 5.41) is 0. The molecule has 4 nitrogen and oxygen atoms in total. The van der Waals surface area contributed by atoms with E-state index in [1.54, 1.807) is 14.2 Å². The van der Waals surface area contributed by atoms with Gasteiger partial charge in [0.15, 0.2) is 11.5 Å². The molecule has 0 unspecified atom stereocenters. The van der Waals surface area contributed by atoms with Crippen LogP contribution in [0.2, 0.25) is 0 Å². The number of likely N-dealkylation sites (N-methyl/N-ethyl adjacent to an activating group) is 2. The Hall–Kier alpha value is -1.26. The molecule has 1 aromatic rings. The van der Waals surface area contributed by atoms with Crippen molar-refractivity contribution in [1.29, 1.82) is 0 Å². The molecule has 0 amide bonds. The van der Waals surface area contributed by atoms with Crippen molar-refractivity contribution in [2.24, 2.45) is 0 Å². The smallest absolute Gasteiger partial charge is 0.165 e. The number of nitrogens with zero attached hydrogens (tertiary/aromatic N) is 2.